The summed E-state index contributed by atoms with van der Waals surface area (Å²) >= 11 is 1.63. The topological polar surface area (TPSA) is 29.5 Å². The molecule has 0 spiro atoms. The first-order valence-electron chi connectivity index (χ1n) is 4.86. The average molecular weight is 214 g/mol. The van der Waals surface area contributed by atoms with Gasteiger partial charge in [-0.3, -0.25) is 0 Å². The van der Waals surface area contributed by atoms with Gasteiger partial charge in [-0.25, -0.2) is 0 Å². The monoisotopic (exact) mass is 214 g/mol. The fourth-order valence-corrected chi connectivity index (χ4v) is 2.49. The molecule has 0 saturated heterocycles. The molecule has 1 N–H and O–H groups in total. The van der Waals surface area contributed by atoms with Gasteiger partial charge in [0.05, 0.1) is 6.10 Å². The largest absolute Gasteiger partial charge is 0.388 e. The molecule has 1 rings (SSSR count). The zero-order chi connectivity index (χ0) is 10.6. The number of hydrogen-bond acceptors (Lipinski definition) is 3. The lowest BCUT2D eigenvalue weighted by atomic mass is 10.0. The van der Waals surface area contributed by atoms with Crippen molar-refractivity contribution in [3.8, 4) is 0 Å². The third kappa shape index (κ3) is 3.08. The molecule has 1 heterocycles. The summed E-state index contributed by atoms with van der Waals surface area (Å²) in [4.78, 5) is 1.09. The van der Waals surface area contributed by atoms with Gasteiger partial charge in [-0.1, -0.05) is 6.92 Å². The van der Waals surface area contributed by atoms with E-state index in [1.54, 1.807) is 18.4 Å². The van der Waals surface area contributed by atoms with Gasteiger partial charge in [0.1, 0.15) is 0 Å². The molecule has 0 aliphatic heterocycles. The van der Waals surface area contributed by atoms with Crippen LogP contribution in [-0.2, 0) is 4.74 Å². The van der Waals surface area contributed by atoms with E-state index in [-0.39, 0.29) is 6.10 Å². The Morgan fingerprint density at radius 3 is 2.79 bits per heavy atom. The van der Waals surface area contributed by atoms with Crippen molar-refractivity contribution in [1.29, 1.82) is 0 Å². The minimum absolute atomic E-state index is 0.333. The van der Waals surface area contributed by atoms with E-state index in [9.17, 15) is 5.11 Å². The SMILES string of the molecule is COCC(C)CC(O)c1sccc1C. The molecule has 0 bridgehead atoms. The summed E-state index contributed by atoms with van der Waals surface area (Å²) in [5.41, 5.74) is 1.19. The first-order valence-corrected chi connectivity index (χ1v) is 5.74. The number of methoxy groups -OCH3 is 1. The first kappa shape index (κ1) is 11.7. The van der Waals surface area contributed by atoms with Crippen LogP contribution in [0.15, 0.2) is 11.4 Å². The van der Waals surface area contributed by atoms with Crippen molar-refractivity contribution >= 4 is 11.3 Å². The number of aliphatic hydroxyl groups is 1. The summed E-state index contributed by atoms with van der Waals surface area (Å²) < 4.78 is 5.04. The maximum absolute atomic E-state index is 9.94. The zero-order valence-corrected chi connectivity index (χ0v) is 9.80. The van der Waals surface area contributed by atoms with Crippen LogP contribution < -0.4 is 0 Å². The molecule has 2 atom stereocenters. The lowest BCUT2D eigenvalue weighted by Gasteiger charge is -2.15. The van der Waals surface area contributed by atoms with Gasteiger partial charge in [0.25, 0.3) is 0 Å². The Morgan fingerprint density at radius 2 is 2.29 bits per heavy atom. The normalized spacial score (nSPS) is 15.4. The summed E-state index contributed by atoms with van der Waals surface area (Å²) in [7, 11) is 1.69. The maximum Gasteiger partial charge on any atom is 0.0888 e. The molecule has 3 heteroatoms. The molecule has 1 aromatic rings. The third-order valence-corrected chi connectivity index (χ3v) is 3.40. The molecular weight excluding hydrogens is 196 g/mol. The van der Waals surface area contributed by atoms with E-state index in [1.807, 2.05) is 18.4 Å². The van der Waals surface area contributed by atoms with E-state index in [2.05, 4.69) is 6.92 Å². The number of hydrogen-bond donors (Lipinski definition) is 1. The number of ether oxygens (including phenoxy) is 1. The van der Waals surface area contributed by atoms with Gasteiger partial charge in [0.15, 0.2) is 0 Å². The van der Waals surface area contributed by atoms with Crippen molar-refractivity contribution < 1.29 is 9.84 Å². The average Bonchev–Trinajstić information content (AvgIpc) is 2.51. The van der Waals surface area contributed by atoms with Gasteiger partial charge in [0.2, 0.25) is 0 Å². The van der Waals surface area contributed by atoms with Crippen LogP contribution in [0.2, 0.25) is 0 Å². The van der Waals surface area contributed by atoms with Crippen LogP contribution in [0.4, 0.5) is 0 Å². The molecular formula is C11H18O2S. The fourth-order valence-electron chi connectivity index (χ4n) is 1.57. The lowest BCUT2D eigenvalue weighted by Crippen LogP contribution is -2.09. The van der Waals surface area contributed by atoms with Gasteiger partial charge in [-0.15, -0.1) is 11.3 Å². The highest BCUT2D eigenvalue weighted by atomic mass is 32.1. The molecule has 0 radical (unpaired) electrons. The Hall–Kier alpha value is -0.380. The number of thiophene rings is 1. The highest BCUT2D eigenvalue weighted by Gasteiger charge is 2.15. The van der Waals surface area contributed by atoms with Crippen molar-refractivity contribution in [1.82, 2.24) is 0 Å². The number of aliphatic hydroxyl groups excluding tert-OH is 1. The van der Waals surface area contributed by atoms with E-state index in [0.29, 0.717) is 12.5 Å². The zero-order valence-electron chi connectivity index (χ0n) is 8.99. The smallest absolute Gasteiger partial charge is 0.0888 e. The number of aryl methyl sites for hydroxylation is 1. The molecule has 0 aliphatic rings. The van der Waals surface area contributed by atoms with Crippen molar-refractivity contribution in [2.24, 2.45) is 5.92 Å². The molecule has 0 aromatic carbocycles. The second kappa shape index (κ2) is 5.49. The summed E-state index contributed by atoms with van der Waals surface area (Å²) in [6.07, 6.45) is 0.440. The molecule has 0 aliphatic carbocycles. The molecule has 2 unspecified atom stereocenters. The second-order valence-electron chi connectivity index (χ2n) is 3.78. The third-order valence-electron chi connectivity index (χ3n) is 2.28. The predicted molar refractivity (Wildman–Crippen MR) is 59.7 cm³/mol. The highest BCUT2D eigenvalue weighted by Crippen LogP contribution is 2.28. The van der Waals surface area contributed by atoms with Crippen LogP contribution in [0.25, 0.3) is 0 Å². The molecule has 80 valence electrons. The summed E-state index contributed by atoms with van der Waals surface area (Å²) in [6.45, 7) is 4.84. The van der Waals surface area contributed by atoms with Gasteiger partial charge >= 0.3 is 0 Å². The van der Waals surface area contributed by atoms with Crippen LogP contribution in [-0.4, -0.2) is 18.8 Å². The lowest BCUT2D eigenvalue weighted by molar-refractivity contribution is 0.103. The molecule has 0 fully saturated rings. The Kier molecular flexibility index (Phi) is 4.58. The second-order valence-corrected chi connectivity index (χ2v) is 4.73. The van der Waals surface area contributed by atoms with Gasteiger partial charge in [0, 0.05) is 18.6 Å². The van der Waals surface area contributed by atoms with Crippen LogP contribution >= 0.6 is 11.3 Å². The standard InChI is InChI=1S/C11H18O2S/c1-8(7-13-3)6-10(12)11-9(2)4-5-14-11/h4-5,8,10,12H,6-7H2,1-3H3. The first-order chi connectivity index (χ1) is 6.65. The van der Waals surface area contributed by atoms with Crippen LogP contribution in [0.3, 0.4) is 0 Å². The van der Waals surface area contributed by atoms with E-state index < -0.39 is 0 Å². The van der Waals surface area contributed by atoms with E-state index >= 15 is 0 Å². The fraction of sp³-hybridized carbons (Fsp3) is 0.636. The number of rotatable bonds is 5. The van der Waals surface area contributed by atoms with Crippen LogP contribution in [0.1, 0.15) is 29.9 Å². The van der Waals surface area contributed by atoms with Crippen LogP contribution in [0.5, 0.6) is 0 Å². The summed E-state index contributed by atoms with van der Waals surface area (Å²) in [6, 6.07) is 2.05. The van der Waals surface area contributed by atoms with E-state index in [0.717, 1.165) is 11.3 Å². The summed E-state index contributed by atoms with van der Waals surface area (Å²) in [5, 5.41) is 12.0. The Bertz CT molecular complexity index is 270. The van der Waals surface area contributed by atoms with Crippen molar-refractivity contribution in [3.05, 3.63) is 21.9 Å². The minimum atomic E-state index is -0.333. The quantitative estimate of drug-likeness (QED) is 0.816. The van der Waals surface area contributed by atoms with Gasteiger partial charge in [-0.2, -0.15) is 0 Å². The van der Waals surface area contributed by atoms with Crippen molar-refractivity contribution in [2.75, 3.05) is 13.7 Å². The van der Waals surface area contributed by atoms with Crippen LogP contribution in [0, 0.1) is 12.8 Å². The van der Waals surface area contributed by atoms with Crippen molar-refractivity contribution in [3.63, 3.8) is 0 Å². The van der Waals surface area contributed by atoms with Gasteiger partial charge in [-0.05, 0) is 36.3 Å². The Labute approximate surface area is 89.5 Å². The maximum atomic E-state index is 9.94. The summed E-state index contributed by atoms with van der Waals surface area (Å²) in [5.74, 6) is 0.400. The highest BCUT2D eigenvalue weighted by molar-refractivity contribution is 7.10. The van der Waals surface area contributed by atoms with E-state index in [1.165, 1.54) is 5.56 Å². The molecule has 2 nitrogen and oxygen atoms in total. The minimum Gasteiger partial charge on any atom is -0.388 e. The molecule has 14 heavy (non-hydrogen) atoms. The molecule has 0 saturated carbocycles. The molecule has 0 amide bonds. The Balaban J connectivity index is 2.50. The van der Waals surface area contributed by atoms with Gasteiger partial charge < -0.3 is 9.84 Å². The predicted octanol–water partition coefficient (Wildman–Crippen LogP) is 2.76. The molecule has 1 aromatic heterocycles. The Morgan fingerprint density at radius 1 is 1.57 bits per heavy atom. The van der Waals surface area contributed by atoms with Crippen molar-refractivity contribution in [2.45, 2.75) is 26.4 Å². The van der Waals surface area contributed by atoms with E-state index in [4.69, 9.17) is 4.74 Å².